The molecule has 1 saturated heterocycles. The first-order valence-corrected chi connectivity index (χ1v) is 6.11. The van der Waals surface area contributed by atoms with Crippen molar-refractivity contribution < 1.29 is 9.90 Å². The Morgan fingerprint density at radius 1 is 1.71 bits per heavy atom. The average molecular weight is 237 g/mol. The minimum Gasteiger partial charge on any atom is -0.390 e. The van der Waals surface area contributed by atoms with Gasteiger partial charge in [-0.2, -0.15) is 0 Å². The van der Waals surface area contributed by atoms with Crippen molar-refractivity contribution in [2.75, 3.05) is 6.54 Å². The van der Waals surface area contributed by atoms with E-state index in [1.807, 2.05) is 4.57 Å². The summed E-state index contributed by atoms with van der Waals surface area (Å²) < 4.78 is 1.98. The quantitative estimate of drug-likeness (QED) is 0.785. The van der Waals surface area contributed by atoms with Crippen molar-refractivity contribution in [2.45, 2.75) is 32.9 Å². The maximum Gasteiger partial charge on any atom is 0.220 e. The second-order valence-corrected chi connectivity index (χ2v) is 4.63. The van der Waals surface area contributed by atoms with Gasteiger partial charge in [0.2, 0.25) is 5.91 Å². The van der Waals surface area contributed by atoms with Gasteiger partial charge in [-0.1, -0.05) is 13.3 Å². The van der Waals surface area contributed by atoms with E-state index < -0.39 is 0 Å². The van der Waals surface area contributed by atoms with E-state index in [4.69, 9.17) is 0 Å². The van der Waals surface area contributed by atoms with Crippen LogP contribution in [-0.2, 0) is 17.9 Å². The SMILES string of the molecule is CCC(Cn1cncc1CO)C1CNC(=O)C1. The molecule has 94 valence electrons. The number of carbonyl (C=O) groups is 1. The summed E-state index contributed by atoms with van der Waals surface area (Å²) in [7, 11) is 0. The summed E-state index contributed by atoms with van der Waals surface area (Å²) in [6, 6.07) is 0. The average Bonchev–Trinajstić information content (AvgIpc) is 2.94. The lowest BCUT2D eigenvalue weighted by atomic mass is 9.89. The zero-order valence-corrected chi connectivity index (χ0v) is 10.1. The molecule has 0 bridgehead atoms. The van der Waals surface area contributed by atoms with Gasteiger partial charge >= 0.3 is 0 Å². The highest BCUT2D eigenvalue weighted by Crippen LogP contribution is 2.24. The van der Waals surface area contributed by atoms with Gasteiger partial charge in [0.15, 0.2) is 0 Å². The molecule has 5 nitrogen and oxygen atoms in total. The first-order valence-electron chi connectivity index (χ1n) is 6.11. The largest absolute Gasteiger partial charge is 0.390 e. The van der Waals surface area contributed by atoms with Gasteiger partial charge in [-0.3, -0.25) is 4.79 Å². The molecule has 2 N–H and O–H groups in total. The number of nitrogens with zero attached hydrogens (tertiary/aromatic N) is 2. The lowest BCUT2D eigenvalue weighted by Crippen LogP contribution is -2.22. The maximum atomic E-state index is 11.2. The molecule has 1 fully saturated rings. The van der Waals surface area contributed by atoms with Crippen LogP contribution < -0.4 is 5.32 Å². The molecule has 1 aromatic heterocycles. The normalized spacial score (nSPS) is 21.5. The van der Waals surface area contributed by atoms with Gasteiger partial charge in [0, 0.05) is 19.5 Å². The van der Waals surface area contributed by atoms with E-state index >= 15 is 0 Å². The summed E-state index contributed by atoms with van der Waals surface area (Å²) >= 11 is 0. The van der Waals surface area contributed by atoms with Crippen molar-refractivity contribution >= 4 is 5.91 Å². The fourth-order valence-corrected chi connectivity index (χ4v) is 2.47. The molecule has 1 amide bonds. The topological polar surface area (TPSA) is 67.2 Å². The Hall–Kier alpha value is -1.36. The summed E-state index contributed by atoms with van der Waals surface area (Å²) in [4.78, 5) is 15.3. The zero-order chi connectivity index (χ0) is 12.3. The molecule has 1 aromatic rings. The van der Waals surface area contributed by atoms with E-state index in [0.717, 1.165) is 25.2 Å². The van der Waals surface area contributed by atoms with Crippen molar-refractivity contribution in [3.8, 4) is 0 Å². The molecule has 1 aliphatic rings. The predicted octanol–water partition coefficient (Wildman–Crippen LogP) is 0.538. The Bertz CT molecular complexity index is 389. The van der Waals surface area contributed by atoms with Crippen LogP contribution in [0.2, 0.25) is 0 Å². The fourth-order valence-electron chi connectivity index (χ4n) is 2.47. The smallest absolute Gasteiger partial charge is 0.220 e. The summed E-state index contributed by atoms with van der Waals surface area (Å²) in [5.41, 5.74) is 0.834. The Labute approximate surface area is 101 Å². The summed E-state index contributed by atoms with van der Waals surface area (Å²) in [5, 5.41) is 12.1. The Kier molecular flexibility index (Phi) is 3.78. The highest BCUT2D eigenvalue weighted by molar-refractivity contribution is 5.78. The third kappa shape index (κ3) is 2.66. The van der Waals surface area contributed by atoms with E-state index in [1.54, 1.807) is 12.5 Å². The number of aromatic nitrogens is 2. The third-order valence-corrected chi connectivity index (χ3v) is 3.59. The molecular formula is C12H19N3O2. The minimum atomic E-state index is 0.0122. The van der Waals surface area contributed by atoms with Crippen LogP contribution in [-0.4, -0.2) is 27.1 Å². The number of rotatable bonds is 5. The van der Waals surface area contributed by atoms with E-state index in [-0.39, 0.29) is 12.5 Å². The second-order valence-electron chi connectivity index (χ2n) is 4.63. The van der Waals surface area contributed by atoms with Crippen LogP contribution in [0.5, 0.6) is 0 Å². The zero-order valence-electron chi connectivity index (χ0n) is 10.1. The summed E-state index contributed by atoms with van der Waals surface area (Å²) in [6.45, 7) is 3.76. The molecule has 2 unspecified atom stereocenters. The minimum absolute atomic E-state index is 0.0122. The number of hydrogen-bond donors (Lipinski definition) is 2. The van der Waals surface area contributed by atoms with Crippen LogP contribution >= 0.6 is 0 Å². The lowest BCUT2D eigenvalue weighted by molar-refractivity contribution is -0.119. The van der Waals surface area contributed by atoms with Crippen LogP contribution in [0.25, 0.3) is 0 Å². The first-order chi connectivity index (χ1) is 8.24. The van der Waals surface area contributed by atoms with E-state index in [1.165, 1.54) is 0 Å². The monoisotopic (exact) mass is 237 g/mol. The number of nitrogens with one attached hydrogen (secondary N) is 1. The standard InChI is InChI=1S/C12H19N3O2/c1-2-9(10-3-12(17)14-4-10)6-15-8-13-5-11(15)7-16/h5,8-10,16H,2-4,6-7H2,1H3,(H,14,17). The number of hydrogen-bond acceptors (Lipinski definition) is 3. The molecule has 0 spiro atoms. The summed E-state index contributed by atoms with van der Waals surface area (Å²) in [5.74, 6) is 1.01. The fraction of sp³-hybridized carbons (Fsp3) is 0.667. The van der Waals surface area contributed by atoms with Crippen molar-refractivity contribution in [3.63, 3.8) is 0 Å². The van der Waals surface area contributed by atoms with Gasteiger partial charge in [-0.05, 0) is 11.8 Å². The molecule has 0 saturated carbocycles. The van der Waals surface area contributed by atoms with Gasteiger partial charge in [0.25, 0.3) is 0 Å². The number of aliphatic hydroxyl groups is 1. The van der Waals surface area contributed by atoms with Crippen LogP contribution in [0.3, 0.4) is 0 Å². The van der Waals surface area contributed by atoms with Crippen molar-refractivity contribution in [1.29, 1.82) is 0 Å². The number of carbonyl (C=O) groups excluding carboxylic acids is 1. The molecule has 2 heterocycles. The molecule has 5 heteroatoms. The van der Waals surface area contributed by atoms with E-state index in [0.29, 0.717) is 18.3 Å². The number of aliphatic hydroxyl groups excluding tert-OH is 1. The van der Waals surface area contributed by atoms with Crippen LogP contribution in [0.1, 0.15) is 25.5 Å². The molecule has 1 aliphatic heterocycles. The predicted molar refractivity (Wildman–Crippen MR) is 63.0 cm³/mol. The molecule has 2 rings (SSSR count). The van der Waals surface area contributed by atoms with Crippen molar-refractivity contribution in [1.82, 2.24) is 14.9 Å². The molecule has 0 aromatic carbocycles. The van der Waals surface area contributed by atoms with Gasteiger partial charge in [-0.15, -0.1) is 0 Å². The van der Waals surface area contributed by atoms with Gasteiger partial charge in [0.05, 0.1) is 24.8 Å². The number of amides is 1. The van der Waals surface area contributed by atoms with Crippen LogP contribution in [0.15, 0.2) is 12.5 Å². The van der Waals surface area contributed by atoms with Crippen LogP contribution in [0.4, 0.5) is 0 Å². The molecule has 17 heavy (non-hydrogen) atoms. The van der Waals surface area contributed by atoms with E-state index in [9.17, 15) is 9.90 Å². The molecule has 0 aliphatic carbocycles. The van der Waals surface area contributed by atoms with Crippen molar-refractivity contribution in [2.24, 2.45) is 11.8 Å². The molecule has 2 atom stereocenters. The first kappa shape index (κ1) is 12.1. The highest BCUT2D eigenvalue weighted by atomic mass is 16.3. The Morgan fingerprint density at radius 3 is 3.12 bits per heavy atom. The molecule has 0 radical (unpaired) electrons. The third-order valence-electron chi connectivity index (χ3n) is 3.59. The summed E-state index contributed by atoms with van der Waals surface area (Å²) in [6.07, 6.45) is 5.09. The van der Waals surface area contributed by atoms with Gasteiger partial charge in [0.1, 0.15) is 0 Å². The molecular weight excluding hydrogens is 218 g/mol. The Balaban J connectivity index is 2.02. The number of imidazole rings is 1. The van der Waals surface area contributed by atoms with Gasteiger partial charge in [-0.25, -0.2) is 4.98 Å². The van der Waals surface area contributed by atoms with Crippen molar-refractivity contribution in [3.05, 3.63) is 18.2 Å². The highest BCUT2D eigenvalue weighted by Gasteiger charge is 2.28. The van der Waals surface area contributed by atoms with Gasteiger partial charge < -0.3 is 15.0 Å². The Morgan fingerprint density at radius 2 is 2.53 bits per heavy atom. The van der Waals surface area contributed by atoms with E-state index in [2.05, 4.69) is 17.2 Å². The second kappa shape index (κ2) is 5.31. The maximum absolute atomic E-state index is 11.2. The van der Waals surface area contributed by atoms with Crippen LogP contribution in [0, 0.1) is 11.8 Å². The lowest BCUT2D eigenvalue weighted by Gasteiger charge is -2.21.